The maximum absolute atomic E-state index is 6.20. The van der Waals surface area contributed by atoms with Crippen molar-refractivity contribution in [2.45, 2.75) is 25.7 Å². The van der Waals surface area contributed by atoms with Gasteiger partial charge in [-0.15, -0.1) is 0 Å². The number of benzene rings is 1. The molecule has 2 aliphatic rings. The molecule has 5 heteroatoms. The lowest BCUT2D eigenvalue weighted by atomic mass is 9.90. The zero-order chi connectivity index (χ0) is 14.4. The number of hydrogen-bond donors (Lipinski definition) is 1. The van der Waals surface area contributed by atoms with Crippen LogP contribution in [-0.2, 0) is 19.9 Å². The third kappa shape index (κ3) is 1.87. The van der Waals surface area contributed by atoms with E-state index in [-0.39, 0.29) is 0 Å². The fourth-order valence-electron chi connectivity index (χ4n) is 3.25. The van der Waals surface area contributed by atoms with Gasteiger partial charge in [0.15, 0.2) is 0 Å². The first kappa shape index (κ1) is 12.6. The molecule has 5 nitrogen and oxygen atoms in total. The monoisotopic (exact) mass is 285 g/mol. The Morgan fingerprint density at radius 1 is 1.19 bits per heavy atom. The molecule has 0 saturated heterocycles. The summed E-state index contributed by atoms with van der Waals surface area (Å²) in [5.41, 5.74) is 10.7. The van der Waals surface area contributed by atoms with E-state index in [0.29, 0.717) is 5.82 Å². The zero-order valence-electron chi connectivity index (χ0n) is 12.2. The summed E-state index contributed by atoms with van der Waals surface area (Å²) in [6.07, 6.45) is 5.93. The second-order valence-corrected chi connectivity index (χ2v) is 5.69. The highest BCUT2D eigenvalue weighted by Gasteiger charge is 2.27. The lowest BCUT2D eigenvalue weighted by molar-refractivity contribution is 0.274. The van der Waals surface area contributed by atoms with E-state index >= 15 is 0 Å². The number of anilines is 1. The predicted molar refractivity (Wildman–Crippen MR) is 80.7 cm³/mol. The molecule has 0 atom stereocenters. The van der Waals surface area contributed by atoms with Gasteiger partial charge < -0.3 is 15.2 Å². The van der Waals surface area contributed by atoms with E-state index in [4.69, 9.17) is 15.2 Å². The summed E-state index contributed by atoms with van der Waals surface area (Å²) in [4.78, 5) is 0. The smallest absolute Gasteiger partial charge is 0.131 e. The molecule has 0 fully saturated rings. The number of fused-ring (bicyclic) bond motifs is 2. The molecule has 0 spiro atoms. The molecule has 110 valence electrons. The van der Waals surface area contributed by atoms with E-state index in [1.807, 2.05) is 13.2 Å². The van der Waals surface area contributed by atoms with E-state index in [0.717, 1.165) is 61.5 Å². The van der Waals surface area contributed by atoms with Gasteiger partial charge in [-0.05, 0) is 37.3 Å². The minimum absolute atomic E-state index is 0.672. The number of nitrogens with zero attached hydrogens (tertiary/aromatic N) is 2. The average Bonchev–Trinajstić information content (AvgIpc) is 2.84. The molecular formula is C16H19N3O2. The van der Waals surface area contributed by atoms with Crippen LogP contribution in [0.25, 0.3) is 11.1 Å². The van der Waals surface area contributed by atoms with Crippen molar-refractivity contribution in [3.05, 3.63) is 23.4 Å². The maximum atomic E-state index is 6.20. The van der Waals surface area contributed by atoms with Gasteiger partial charge in [0.25, 0.3) is 0 Å². The van der Waals surface area contributed by atoms with E-state index in [2.05, 4.69) is 11.2 Å². The molecule has 1 aromatic carbocycles. The van der Waals surface area contributed by atoms with Crippen LogP contribution in [0.4, 0.5) is 5.82 Å². The Kier molecular flexibility index (Phi) is 2.80. The van der Waals surface area contributed by atoms with Crippen LogP contribution in [0.1, 0.15) is 24.0 Å². The molecular weight excluding hydrogens is 266 g/mol. The topological polar surface area (TPSA) is 62.3 Å². The zero-order valence-corrected chi connectivity index (χ0v) is 12.2. The molecule has 0 unspecified atom stereocenters. The molecule has 0 amide bonds. The van der Waals surface area contributed by atoms with Gasteiger partial charge in [0, 0.05) is 23.7 Å². The quantitative estimate of drug-likeness (QED) is 0.873. The van der Waals surface area contributed by atoms with Crippen LogP contribution in [0.5, 0.6) is 11.5 Å². The number of rotatable bonds is 1. The van der Waals surface area contributed by atoms with Crippen LogP contribution >= 0.6 is 0 Å². The molecule has 2 aliphatic heterocycles. The van der Waals surface area contributed by atoms with Gasteiger partial charge in [-0.3, -0.25) is 4.68 Å². The van der Waals surface area contributed by atoms with Gasteiger partial charge in [0.2, 0.25) is 0 Å². The normalized spacial score (nSPS) is 16.6. The van der Waals surface area contributed by atoms with Crippen molar-refractivity contribution in [3.8, 4) is 22.6 Å². The Morgan fingerprint density at radius 2 is 2.00 bits per heavy atom. The standard InChI is InChI=1S/C16H19N3O2/c1-19-16(17)12(9-18-19)14-11-5-3-6-20-13(11)8-10-4-2-7-21-15(10)14/h8-9H,2-7,17H2,1H3. The summed E-state index contributed by atoms with van der Waals surface area (Å²) >= 11 is 0. The third-order valence-electron chi connectivity index (χ3n) is 4.34. The van der Waals surface area contributed by atoms with E-state index in [1.54, 1.807) is 4.68 Å². The fraction of sp³-hybridized carbons (Fsp3) is 0.438. The summed E-state index contributed by atoms with van der Waals surface area (Å²) in [7, 11) is 1.86. The third-order valence-corrected chi connectivity index (χ3v) is 4.34. The number of nitrogens with two attached hydrogens (primary N) is 1. The van der Waals surface area contributed by atoms with Gasteiger partial charge in [-0.1, -0.05) is 0 Å². The summed E-state index contributed by atoms with van der Waals surface area (Å²) in [6, 6.07) is 2.15. The van der Waals surface area contributed by atoms with Crippen LogP contribution in [0.15, 0.2) is 12.3 Å². The minimum atomic E-state index is 0.672. The predicted octanol–water partition coefficient (Wildman–Crippen LogP) is 2.32. The average molecular weight is 285 g/mol. The second kappa shape index (κ2) is 4.69. The molecule has 0 radical (unpaired) electrons. The lowest BCUT2D eigenvalue weighted by Crippen LogP contribution is -2.15. The number of aryl methyl sites for hydroxylation is 2. The highest BCUT2D eigenvalue weighted by atomic mass is 16.5. The van der Waals surface area contributed by atoms with Crippen molar-refractivity contribution in [1.29, 1.82) is 0 Å². The number of nitrogen functional groups attached to an aromatic ring is 1. The van der Waals surface area contributed by atoms with Gasteiger partial charge in [0.1, 0.15) is 17.3 Å². The molecule has 4 rings (SSSR count). The molecule has 1 aromatic heterocycles. The van der Waals surface area contributed by atoms with Crippen molar-refractivity contribution in [2.24, 2.45) is 7.05 Å². The van der Waals surface area contributed by atoms with Gasteiger partial charge in [0.05, 0.1) is 19.4 Å². The van der Waals surface area contributed by atoms with Crippen LogP contribution in [-0.4, -0.2) is 23.0 Å². The Hall–Kier alpha value is -2.17. The molecule has 2 N–H and O–H groups in total. The van der Waals surface area contributed by atoms with Crippen LogP contribution in [0.3, 0.4) is 0 Å². The number of hydrogen-bond acceptors (Lipinski definition) is 4. The van der Waals surface area contributed by atoms with E-state index in [1.165, 1.54) is 11.1 Å². The van der Waals surface area contributed by atoms with Crippen LogP contribution in [0.2, 0.25) is 0 Å². The molecule has 0 bridgehead atoms. The molecule has 0 aliphatic carbocycles. The van der Waals surface area contributed by atoms with E-state index in [9.17, 15) is 0 Å². The van der Waals surface area contributed by atoms with Crippen molar-refractivity contribution in [3.63, 3.8) is 0 Å². The van der Waals surface area contributed by atoms with Crippen molar-refractivity contribution in [2.75, 3.05) is 18.9 Å². The Bertz CT molecular complexity index is 672. The molecule has 0 saturated carbocycles. The first-order valence-corrected chi connectivity index (χ1v) is 7.48. The second-order valence-electron chi connectivity index (χ2n) is 5.69. The first-order valence-electron chi connectivity index (χ1n) is 7.48. The summed E-state index contributed by atoms with van der Waals surface area (Å²) in [6.45, 7) is 1.55. The van der Waals surface area contributed by atoms with Crippen LogP contribution in [0, 0.1) is 0 Å². The highest BCUT2D eigenvalue weighted by Crippen LogP contribution is 2.46. The summed E-state index contributed by atoms with van der Waals surface area (Å²) in [5, 5.41) is 4.29. The van der Waals surface area contributed by atoms with Crippen molar-refractivity contribution >= 4 is 5.82 Å². The summed E-state index contributed by atoms with van der Waals surface area (Å²) in [5.74, 6) is 2.64. The lowest BCUT2D eigenvalue weighted by Gasteiger charge is -2.27. The Labute approximate surface area is 123 Å². The maximum Gasteiger partial charge on any atom is 0.131 e. The highest BCUT2D eigenvalue weighted by molar-refractivity contribution is 5.84. The van der Waals surface area contributed by atoms with Gasteiger partial charge in [-0.2, -0.15) is 5.10 Å². The Balaban J connectivity index is 2.01. The molecule has 3 heterocycles. The SMILES string of the molecule is Cn1ncc(-c2c3c(cc4c2OCCC4)OCCC3)c1N. The van der Waals surface area contributed by atoms with Crippen molar-refractivity contribution < 1.29 is 9.47 Å². The minimum Gasteiger partial charge on any atom is -0.493 e. The molecule has 21 heavy (non-hydrogen) atoms. The largest absolute Gasteiger partial charge is 0.493 e. The molecule has 2 aromatic rings. The van der Waals surface area contributed by atoms with Crippen LogP contribution < -0.4 is 15.2 Å². The summed E-state index contributed by atoms with van der Waals surface area (Å²) < 4.78 is 13.6. The number of aromatic nitrogens is 2. The van der Waals surface area contributed by atoms with Gasteiger partial charge >= 0.3 is 0 Å². The van der Waals surface area contributed by atoms with E-state index < -0.39 is 0 Å². The first-order chi connectivity index (χ1) is 10.3. The van der Waals surface area contributed by atoms with Gasteiger partial charge in [-0.25, -0.2) is 0 Å². The fourth-order valence-corrected chi connectivity index (χ4v) is 3.25. The van der Waals surface area contributed by atoms with Crippen molar-refractivity contribution in [1.82, 2.24) is 9.78 Å². The Morgan fingerprint density at radius 3 is 2.81 bits per heavy atom. The number of ether oxygens (including phenoxy) is 2.